The molecule has 0 spiro atoms. The molecule has 3 N–H and O–H groups in total. The summed E-state index contributed by atoms with van der Waals surface area (Å²) in [6, 6.07) is 6.08. The third kappa shape index (κ3) is 7.14. The largest absolute Gasteiger partial charge is 0.508 e. The van der Waals surface area contributed by atoms with E-state index < -0.39 is 12.0 Å². The Kier molecular flexibility index (Phi) is 9.19. The van der Waals surface area contributed by atoms with E-state index in [0.717, 1.165) is 31.4 Å². The fraction of sp³-hybridized carbons (Fsp3) is 0.500. The summed E-state index contributed by atoms with van der Waals surface area (Å²) < 4.78 is 0. The van der Waals surface area contributed by atoms with E-state index in [2.05, 4.69) is 12.2 Å². The standard InChI is InChI=1S/C14H21NO3.H3P/c1-2-3-4-9-15-13(14(17)18)10-11-5-7-12(16)8-6-11;/h5-8,13,15-16H,2-4,9-10H2,1H3,(H,17,18);1H3. The Morgan fingerprint density at radius 2 is 1.89 bits per heavy atom. The summed E-state index contributed by atoms with van der Waals surface area (Å²) in [5, 5.41) is 21.4. The van der Waals surface area contributed by atoms with Crippen molar-refractivity contribution in [3.8, 4) is 5.75 Å². The first-order valence-corrected chi connectivity index (χ1v) is 6.37. The van der Waals surface area contributed by atoms with Gasteiger partial charge in [-0.15, -0.1) is 0 Å². The summed E-state index contributed by atoms with van der Waals surface area (Å²) in [5.41, 5.74) is 0.906. The van der Waals surface area contributed by atoms with Gasteiger partial charge in [-0.2, -0.15) is 9.90 Å². The second-order valence-corrected chi connectivity index (χ2v) is 4.42. The van der Waals surface area contributed by atoms with Crippen molar-refractivity contribution in [1.82, 2.24) is 5.32 Å². The van der Waals surface area contributed by atoms with Crippen molar-refractivity contribution in [3.63, 3.8) is 0 Å². The Hall–Kier alpha value is -1.12. The highest BCUT2D eigenvalue weighted by Gasteiger charge is 2.16. The summed E-state index contributed by atoms with van der Waals surface area (Å²) >= 11 is 0. The van der Waals surface area contributed by atoms with Gasteiger partial charge in [-0.05, 0) is 37.1 Å². The van der Waals surface area contributed by atoms with Gasteiger partial charge in [-0.3, -0.25) is 4.79 Å². The molecule has 0 amide bonds. The molecule has 0 bridgehead atoms. The molecule has 0 saturated heterocycles. The minimum absolute atomic E-state index is 0. The van der Waals surface area contributed by atoms with Gasteiger partial charge in [0.2, 0.25) is 0 Å². The van der Waals surface area contributed by atoms with Gasteiger partial charge >= 0.3 is 5.97 Å². The molecule has 0 aromatic heterocycles. The number of phenolic OH excluding ortho intramolecular Hbond substituents is 1. The zero-order valence-electron chi connectivity index (χ0n) is 11.4. The minimum Gasteiger partial charge on any atom is -0.508 e. The van der Waals surface area contributed by atoms with Gasteiger partial charge in [0, 0.05) is 0 Å². The van der Waals surface area contributed by atoms with E-state index in [0.29, 0.717) is 6.42 Å². The lowest BCUT2D eigenvalue weighted by atomic mass is 10.1. The third-order valence-electron chi connectivity index (χ3n) is 2.85. The number of rotatable bonds is 8. The fourth-order valence-corrected chi connectivity index (χ4v) is 1.77. The molecule has 2 unspecified atom stereocenters. The number of nitrogens with one attached hydrogen (secondary N) is 1. The molecule has 2 atom stereocenters. The molecule has 0 aliphatic carbocycles. The number of aliphatic carboxylic acids is 1. The smallest absolute Gasteiger partial charge is 0.321 e. The third-order valence-corrected chi connectivity index (χ3v) is 2.85. The van der Waals surface area contributed by atoms with Gasteiger partial charge < -0.3 is 15.5 Å². The first kappa shape index (κ1) is 17.9. The summed E-state index contributed by atoms with van der Waals surface area (Å²) in [5.74, 6) is -0.638. The van der Waals surface area contributed by atoms with E-state index in [4.69, 9.17) is 10.2 Å². The Bertz CT molecular complexity index is 367. The van der Waals surface area contributed by atoms with Crippen LogP contribution < -0.4 is 5.32 Å². The minimum atomic E-state index is -0.834. The zero-order chi connectivity index (χ0) is 13.4. The van der Waals surface area contributed by atoms with Crippen LogP contribution in [0.5, 0.6) is 5.75 Å². The first-order valence-electron chi connectivity index (χ1n) is 6.37. The van der Waals surface area contributed by atoms with E-state index in [1.807, 2.05) is 0 Å². The Balaban J connectivity index is 0.00000324. The Labute approximate surface area is 117 Å². The predicted molar refractivity (Wildman–Crippen MR) is 81.9 cm³/mol. The number of hydrogen-bond donors (Lipinski definition) is 3. The number of carbonyl (C=O) groups is 1. The van der Waals surface area contributed by atoms with Gasteiger partial charge in [0.25, 0.3) is 0 Å². The maximum absolute atomic E-state index is 11.1. The summed E-state index contributed by atoms with van der Waals surface area (Å²) in [6.45, 7) is 2.84. The normalized spacial score (nSPS) is 11.6. The fourth-order valence-electron chi connectivity index (χ4n) is 1.77. The number of unbranched alkanes of at least 4 members (excludes halogenated alkanes) is 2. The highest BCUT2D eigenvalue weighted by atomic mass is 31.0. The number of carboxylic acid groups (broad SMARTS) is 1. The van der Waals surface area contributed by atoms with Gasteiger partial charge in [0.05, 0.1) is 0 Å². The van der Waals surface area contributed by atoms with Crippen LogP contribution in [-0.2, 0) is 11.2 Å². The average Bonchev–Trinajstić information content (AvgIpc) is 2.35. The van der Waals surface area contributed by atoms with Crippen molar-refractivity contribution >= 4 is 15.9 Å². The predicted octanol–water partition coefficient (Wildman–Crippen LogP) is 2.23. The van der Waals surface area contributed by atoms with E-state index in [1.54, 1.807) is 24.3 Å². The molecule has 108 valence electrons. The van der Waals surface area contributed by atoms with Crippen LogP contribution in [0.3, 0.4) is 0 Å². The molecule has 19 heavy (non-hydrogen) atoms. The van der Waals surface area contributed by atoms with Crippen molar-refractivity contribution in [1.29, 1.82) is 0 Å². The molecule has 0 heterocycles. The molecule has 0 aliphatic heterocycles. The van der Waals surface area contributed by atoms with Crippen molar-refractivity contribution < 1.29 is 15.0 Å². The van der Waals surface area contributed by atoms with E-state index >= 15 is 0 Å². The quantitative estimate of drug-likeness (QED) is 0.506. The molecule has 5 heteroatoms. The molecule has 1 aromatic carbocycles. The number of hydrogen-bond acceptors (Lipinski definition) is 3. The van der Waals surface area contributed by atoms with E-state index in [-0.39, 0.29) is 15.6 Å². The molecule has 1 aromatic rings. The number of aromatic hydroxyl groups is 1. The maximum atomic E-state index is 11.1. The number of benzene rings is 1. The van der Waals surface area contributed by atoms with Crippen LogP contribution in [0.1, 0.15) is 31.7 Å². The SMILES string of the molecule is CCCCCNC(Cc1ccc(O)cc1)C(=O)O.P. The molecule has 4 nitrogen and oxygen atoms in total. The molecular weight excluding hydrogens is 261 g/mol. The summed E-state index contributed by atoms with van der Waals surface area (Å²) in [4.78, 5) is 11.1. The van der Waals surface area contributed by atoms with Gasteiger partial charge in [0.1, 0.15) is 11.8 Å². The summed E-state index contributed by atoms with van der Waals surface area (Å²) in [7, 11) is 0. The molecule has 1 rings (SSSR count). The van der Waals surface area contributed by atoms with Crippen LogP contribution in [0.25, 0.3) is 0 Å². The Morgan fingerprint density at radius 3 is 2.42 bits per heavy atom. The van der Waals surface area contributed by atoms with Crippen LogP contribution in [-0.4, -0.2) is 28.8 Å². The Morgan fingerprint density at radius 1 is 1.26 bits per heavy atom. The van der Waals surface area contributed by atoms with Crippen molar-refractivity contribution in [3.05, 3.63) is 29.8 Å². The van der Waals surface area contributed by atoms with Gasteiger partial charge in [0.15, 0.2) is 0 Å². The van der Waals surface area contributed by atoms with E-state index in [1.165, 1.54) is 0 Å². The monoisotopic (exact) mass is 285 g/mol. The maximum Gasteiger partial charge on any atom is 0.321 e. The van der Waals surface area contributed by atoms with Crippen LogP contribution in [0.2, 0.25) is 0 Å². The molecule has 0 saturated carbocycles. The lowest BCUT2D eigenvalue weighted by Crippen LogP contribution is -2.39. The molecule has 0 aliphatic rings. The van der Waals surface area contributed by atoms with Crippen LogP contribution in [0.15, 0.2) is 24.3 Å². The van der Waals surface area contributed by atoms with Crippen molar-refractivity contribution in [2.75, 3.05) is 6.54 Å². The second kappa shape index (κ2) is 9.76. The zero-order valence-corrected chi connectivity index (χ0v) is 12.8. The topological polar surface area (TPSA) is 69.6 Å². The second-order valence-electron chi connectivity index (χ2n) is 4.42. The highest BCUT2D eigenvalue weighted by molar-refractivity contribution is 6.92. The average molecular weight is 285 g/mol. The van der Waals surface area contributed by atoms with Gasteiger partial charge in [-0.25, -0.2) is 0 Å². The molecule has 0 radical (unpaired) electrons. The summed E-state index contributed by atoms with van der Waals surface area (Å²) in [6.07, 6.45) is 3.66. The van der Waals surface area contributed by atoms with Crippen LogP contribution >= 0.6 is 9.90 Å². The van der Waals surface area contributed by atoms with Crippen LogP contribution in [0.4, 0.5) is 0 Å². The van der Waals surface area contributed by atoms with Gasteiger partial charge in [-0.1, -0.05) is 31.9 Å². The van der Waals surface area contributed by atoms with Crippen molar-refractivity contribution in [2.24, 2.45) is 0 Å². The van der Waals surface area contributed by atoms with E-state index in [9.17, 15) is 4.79 Å². The highest BCUT2D eigenvalue weighted by Crippen LogP contribution is 2.11. The van der Waals surface area contributed by atoms with Crippen LogP contribution in [0, 0.1) is 0 Å². The lowest BCUT2D eigenvalue weighted by Gasteiger charge is -2.14. The molecular formula is C14H24NO3P. The first-order chi connectivity index (χ1) is 8.63. The molecule has 0 fully saturated rings. The van der Waals surface area contributed by atoms with Crippen molar-refractivity contribution in [2.45, 2.75) is 38.6 Å². The number of carboxylic acids is 1. The number of phenols is 1. The lowest BCUT2D eigenvalue weighted by molar-refractivity contribution is -0.139.